The first-order valence-corrected chi connectivity index (χ1v) is 7.96. The van der Waals surface area contributed by atoms with Crippen LogP contribution in [0.15, 0.2) is 0 Å². The summed E-state index contributed by atoms with van der Waals surface area (Å²) in [5.74, 6) is 2.00. The molecule has 0 spiro atoms. The van der Waals surface area contributed by atoms with Crippen LogP contribution in [0, 0.1) is 17.8 Å². The van der Waals surface area contributed by atoms with Gasteiger partial charge in [0.15, 0.2) is 0 Å². The average Bonchev–Trinajstić information content (AvgIpc) is 2.26. The highest BCUT2D eigenvalue weighted by atomic mass is 16.5. The normalized spacial score (nSPS) is 18.9. The predicted molar refractivity (Wildman–Crippen MR) is 84.8 cm³/mol. The lowest BCUT2D eigenvalue weighted by atomic mass is 9.73. The second-order valence-corrected chi connectivity index (χ2v) is 6.78. The van der Waals surface area contributed by atoms with Crippen LogP contribution in [0.1, 0.15) is 74.1 Å². The molecule has 0 saturated heterocycles. The standard InChI is InChI=1S/C16H35BO/c1-8-10-16(11-12(3)4,14(7)13(5)6)18-15(17)9-2/h12-15H,8-11,17H2,1-7H3. The van der Waals surface area contributed by atoms with Crippen LogP contribution in [-0.2, 0) is 4.74 Å². The Balaban J connectivity index is 5.12. The lowest BCUT2D eigenvalue weighted by Crippen LogP contribution is -2.46. The van der Waals surface area contributed by atoms with Gasteiger partial charge in [-0.3, -0.25) is 0 Å². The highest BCUT2D eigenvalue weighted by Gasteiger charge is 2.39. The highest BCUT2D eigenvalue weighted by Crippen LogP contribution is 2.39. The SMILES string of the molecule is BC(CC)OC(CCC)(CC(C)C)C(C)C(C)C. The van der Waals surface area contributed by atoms with Crippen molar-refractivity contribution < 1.29 is 4.74 Å². The van der Waals surface area contributed by atoms with Crippen LogP contribution in [0.2, 0.25) is 0 Å². The average molecular weight is 254 g/mol. The lowest BCUT2D eigenvalue weighted by Gasteiger charge is -2.44. The van der Waals surface area contributed by atoms with Crippen molar-refractivity contribution in [3.8, 4) is 0 Å². The third-order valence-corrected chi connectivity index (χ3v) is 4.27. The fraction of sp³-hybridized carbons (Fsp3) is 1.00. The molecule has 108 valence electrons. The molecular formula is C16H35BO. The van der Waals surface area contributed by atoms with E-state index in [1.165, 1.54) is 19.3 Å². The van der Waals surface area contributed by atoms with E-state index >= 15 is 0 Å². The molecule has 0 saturated carbocycles. The van der Waals surface area contributed by atoms with Gasteiger partial charge in [0, 0.05) is 6.00 Å². The maximum atomic E-state index is 6.56. The molecule has 1 nitrogen and oxygen atoms in total. The summed E-state index contributed by atoms with van der Waals surface area (Å²) >= 11 is 0. The van der Waals surface area contributed by atoms with E-state index in [9.17, 15) is 0 Å². The first-order valence-electron chi connectivity index (χ1n) is 7.96. The molecule has 0 radical (unpaired) electrons. The summed E-state index contributed by atoms with van der Waals surface area (Å²) in [6.07, 6.45) is 4.69. The number of hydrogen-bond acceptors (Lipinski definition) is 1. The second kappa shape index (κ2) is 8.25. The van der Waals surface area contributed by atoms with Gasteiger partial charge in [0.1, 0.15) is 7.85 Å². The molecule has 0 aromatic carbocycles. The fourth-order valence-electron chi connectivity index (χ4n) is 2.94. The largest absolute Gasteiger partial charge is 0.381 e. The van der Waals surface area contributed by atoms with Crippen LogP contribution in [0.4, 0.5) is 0 Å². The van der Waals surface area contributed by atoms with E-state index in [0.29, 0.717) is 23.8 Å². The molecule has 0 aromatic rings. The first-order chi connectivity index (χ1) is 8.29. The number of rotatable bonds is 9. The van der Waals surface area contributed by atoms with Crippen LogP contribution in [0.5, 0.6) is 0 Å². The molecular weight excluding hydrogens is 219 g/mol. The van der Waals surface area contributed by atoms with Gasteiger partial charge in [0.05, 0.1) is 5.60 Å². The third-order valence-electron chi connectivity index (χ3n) is 4.27. The van der Waals surface area contributed by atoms with Gasteiger partial charge >= 0.3 is 0 Å². The molecule has 0 amide bonds. The quantitative estimate of drug-likeness (QED) is 0.559. The summed E-state index contributed by atoms with van der Waals surface area (Å²) in [4.78, 5) is 0. The predicted octanol–water partition coefficient (Wildman–Crippen LogP) is 4.25. The Labute approximate surface area is 116 Å². The van der Waals surface area contributed by atoms with Gasteiger partial charge < -0.3 is 4.74 Å². The van der Waals surface area contributed by atoms with Crippen molar-refractivity contribution in [3.63, 3.8) is 0 Å². The van der Waals surface area contributed by atoms with Crippen molar-refractivity contribution >= 4 is 7.85 Å². The Bertz CT molecular complexity index is 215. The molecule has 3 unspecified atom stereocenters. The van der Waals surface area contributed by atoms with E-state index in [-0.39, 0.29) is 5.60 Å². The van der Waals surface area contributed by atoms with Gasteiger partial charge in [-0.1, -0.05) is 54.9 Å². The Kier molecular flexibility index (Phi) is 8.26. The minimum atomic E-state index is 0.0759. The molecule has 0 aliphatic carbocycles. The summed E-state index contributed by atoms with van der Waals surface area (Å²) < 4.78 is 6.56. The van der Waals surface area contributed by atoms with Crippen LogP contribution in [-0.4, -0.2) is 19.5 Å². The molecule has 3 atom stereocenters. The van der Waals surface area contributed by atoms with Crippen LogP contribution >= 0.6 is 0 Å². The minimum Gasteiger partial charge on any atom is -0.381 e. The summed E-state index contributed by atoms with van der Waals surface area (Å²) in [5, 5.41) is 0. The minimum absolute atomic E-state index is 0.0759. The molecule has 0 rings (SSSR count). The van der Waals surface area contributed by atoms with E-state index < -0.39 is 0 Å². The van der Waals surface area contributed by atoms with Gasteiger partial charge in [-0.15, -0.1) is 0 Å². The van der Waals surface area contributed by atoms with Crippen molar-refractivity contribution in [1.82, 2.24) is 0 Å². The Hall–Kier alpha value is 0.0249. The maximum Gasteiger partial charge on any atom is 0.139 e. The topological polar surface area (TPSA) is 9.23 Å². The van der Waals surface area contributed by atoms with E-state index in [2.05, 4.69) is 56.3 Å². The molecule has 0 aliphatic heterocycles. The zero-order valence-corrected chi connectivity index (χ0v) is 14.0. The van der Waals surface area contributed by atoms with E-state index in [0.717, 1.165) is 6.42 Å². The summed E-state index contributed by atoms with van der Waals surface area (Å²) in [7, 11) is 2.22. The Morgan fingerprint density at radius 2 is 1.61 bits per heavy atom. The zero-order valence-electron chi connectivity index (χ0n) is 14.0. The molecule has 0 N–H and O–H groups in total. The highest BCUT2D eigenvalue weighted by molar-refractivity contribution is 6.10. The van der Waals surface area contributed by atoms with Crippen molar-refractivity contribution in [2.75, 3.05) is 0 Å². The maximum absolute atomic E-state index is 6.56. The lowest BCUT2D eigenvalue weighted by molar-refractivity contribution is -0.126. The van der Waals surface area contributed by atoms with Gasteiger partial charge in [-0.2, -0.15) is 0 Å². The second-order valence-electron chi connectivity index (χ2n) is 6.78. The van der Waals surface area contributed by atoms with E-state index in [1.807, 2.05) is 0 Å². The Morgan fingerprint density at radius 1 is 1.06 bits per heavy atom. The third kappa shape index (κ3) is 5.34. The fourth-order valence-corrected chi connectivity index (χ4v) is 2.94. The van der Waals surface area contributed by atoms with Crippen molar-refractivity contribution in [2.24, 2.45) is 17.8 Å². The smallest absolute Gasteiger partial charge is 0.139 e. The zero-order chi connectivity index (χ0) is 14.3. The molecule has 0 aromatic heterocycles. The van der Waals surface area contributed by atoms with Gasteiger partial charge in [0.25, 0.3) is 0 Å². The van der Waals surface area contributed by atoms with Crippen LogP contribution in [0.25, 0.3) is 0 Å². The monoisotopic (exact) mass is 254 g/mol. The van der Waals surface area contributed by atoms with Crippen molar-refractivity contribution in [2.45, 2.75) is 85.8 Å². The van der Waals surface area contributed by atoms with Gasteiger partial charge in [0.2, 0.25) is 0 Å². The van der Waals surface area contributed by atoms with E-state index in [4.69, 9.17) is 4.74 Å². The molecule has 0 bridgehead atoms. The van der Waals surface area contributed by atoms with Crippen molar-refractivity contribution in [3.05, 3.63) is 0 Å². The molecule has 0 heterocycles. The first kappa shape index (κ1) is 18.0. The summed E-state index contributed by atoms with van der Waals surface area (Å²) in [6, 6.07) is 0.372. The Morgan fingerprint density at radius 3 is 1.94 bits per heavy atom. The van der Waals surface area contributed by atoms with Crippen LogP contribution in [0.3, 0.4) is 0 Å². The van der Waals surface area contributed by atoms with Gasteiger partial charge in [-0.25, -0.2) is 0 Å². The number of hydrogen-bond donors (Lipinski definition) is 0. The molecule has 18 heavy (non-hydrogen) atoms. The van der Waals surface area contributed by atoms with E-state index in [1.54, 1.807) is 0 Å². The molecule has 0 aliphatic rings. The van der Waals surface area contributed by atoms with Crippen molar-refractivity contribution in [1.29, 1.82) is 0 Å². The van der Waals surface area contributed by atoms with Crippen LogP contribution < -0.4 is 0 Å². The van der Waals surface area contributed by atoms with Gasteiger partial charge in [-0.05, 0) is 37.0 Å². The molecule has 2 heteroatoms. The molecule has 0 fully saturated rings. The summed E-state index contributed by atoms with van der Waals surface area (Å²) in [5.41, 5.74) is 0.0759. The number of ether oxygens (including phenoxy) is 1. The summed E-state index contributed by atoms with van der Waals surface area (Å²) in [6.45, 7) is 16.2.